The van der Waals surface area contributed by atoms with Crippen LogP contribution in [0.3, 0.4) is 0 Å². The molecule has 1 aromatic heterocycles. The number of rotatable bonds is 5. The number of aromatic nitrogens is 2. The molecule has 0 aromatic carbocycles. The van der Waals surface area contributed by atoms with Crippen LogP contribution in [0, 0.1) is 0 Å². The van der Waals surface area contributed by atoms with Gasteiger partial charge in [0.1, 0.15) is 12.4 Å². The van der Waals surface area contributed by atoms with Crippen molar-refractivity contribution in [2.45, 2.75) is 6.73 Å². The summed E-state index contributed by atoms with van der Waals surface area (Å²) in [5.74, 6) is 0.429. The van der Waals surface area contributed by atoms with Crippen LogP contribution in [0.15, 0.2) is 12.3 Å². The number of carbonyl (C=O) groups excluding carboxylic acids is 1. The molecule has 0 bridgehead atoms. The molecule has 0 unspecified atom stereocenters. The molecule has 0 fully saturated rings. The number of ether oxygens (including phenoxy) is 1. The Hall–Kier alpha value is -1.01. The highest BCUT2D eigenvalue weighted by atomic mass is 32.1. The van der Waals surface area contributed by atoms with Gasteiger partial charge >= 0.3 is 0 Å². The molecule has 0 saturated carbocycles. The molecule has 0 atom stereocenters. The molecule has 1 N–H and O–H groups in total. The van der Waals surface area contributed by atoms with Crippen LogP contribution in [0.25, 0.3) is 0 Å². The lowest BCUT2D eigenvalue weighted by molar-refractivity contribution is 0.0943. The van der Waals surface area contributed by atoms with Crippen LogP contribution in [0.1, 0.15) is 10.5 Å². The van der Waals surface area contributed by atoms with E-state index in [0.717, 1.165) is 0 Å². The maximum atomic E-state index is 11.4. The molecule has 5 nitrogen and oxygen atoms in total. The number of hydrogen-bond acceptors (Lipinski definition) is 4. The zero-order chi connectivity index (χ0) is 10.4. The van der Waals surface area contributed by atoms with Crippen LogP contribution in [0.5, 0.6) is 0 Å². The van der Waals surface area contributed by atoms with Gasteiger partial charge in [-0.15, -0.1) is 0 Å². The van der Waals surface area contributed by atoms with E-state index in [-0.39, 0.29) is 5.91 Å². The van der Waals surface area contributed by atoms with Gasteiger partial charge in [0.2, 0.25) is 0 Å². The Morgan fingerprint density at radius 3 is 3.21 bits per heavy atom. The number of nitrogens with zero attached hydrogens (tertiary/aromatic N) is 2. The number of nitrogens with one attached hydrogen (secondary N) is 1. The topological polar surface area (TPSA) is 56.1 Å². The number of methoxy groups -OCH3 is 1. The Labute approximate surface area is 87.8 Å². The van der Waals surface area contributed by atoms with Crippen molar-refractivity contribution in [2.24, 2.45) is 0 Å². The van der Waals surface area contributed by atoms with E-state index in [4.69, 9.17) is 4.74 Å². The van der Waals surface area contributed by atoms with Gasteiger partial charge in [-0.2, -0.15) is 17.7 Å². The predicted octanol–water partition coefficient (Wildman–Crippen LogP) is 0.147. The Morgan fingerprint density at radius 1 is 1.79 bits per heavy atom. The molecule has 14 heavy (non-hydrogen) atoms. The van der Waals surface area contributed by atoms with Gasteiger partial charge in [-0.3, -0.25) is 4.79 Å². The Morgan fingerprint density at radius 2 is 2.57 bits per heavy atom. The van der Waals surface area contributed by atoms with E-state index in [2.05, 4.69) is 23.0 Å². The lowest BCUT2D eigenvalue weighted by Crippen LogP contribution is -2.25. The summed E-state index contributed by atoms with van der Waals surface area (Å²) in [6.45, 7) is 0.888. The maximum absolute atomic E-state index is 11.4. The minimum Gasteiger partial charge on any atom is -0.362 e. The summed E-state index contributed by atoms with van der Waals surface area (Å²) in [5, 5.41) is 6.68. The Kier molecular flexibility index (Phi) is 4.48. The van der Waals surface area contributed by atoms with Crippen molar-refractivity contribution in [1.29, 1.82) is 0 Å². The van der Waals surface area contributed by atoms with E-state index in [9.17, 15) is 4.79 Å². The zero-order valence-corrected chi connectivity index (χ0v) is 8.83. The first-order chi connectivity index (χ1) is 6.77. The third-order valence-electron chi connectivity index (χ3n) is 1.53. The molecule has 0 spiro atoms. The molecule has 0 aliphatic heterocycles. The van der Waals surface area contributed by atoms with Crippen molar-refractivity contribution in [1.82, 2.24) is 15.1 Å². The number of amides is 1. The molecule has 0 saturated heterocycles. The summed E-state index contributed by atoms with van der Waals surface area (Å²) in [5.41, 5.74) is 0.392. The maximum Gasteiger partial charge on any atom is 0.271 e. The first-order valence-electron chi connectivity index (χ1n) is 4.19. The molecular formula is C8H13N3O2S. The quantitative estimate of drug-likeness (QED) is 0.687. The predicted molar refractivity (Wildman–Crippen MR) is 55.4 cm³/mol. The van der Waals surface area contributed by atoms with Crippen LogP contribution in [0.2, 0.25) is 0 Å². The highest BCUT2D eigenvalue weighted by Crippen LogP contribution is 1.95. The fourth-order valence-corrected chi connectivity index (χ4v) is 1.06. The average Bonchev–Trinajstić information content (AvgIpc) is 2.63. The third kappa shape index (κ3) is 3.04. The van der Waals surface area contributed by atoms with Crippen molar-refractivity contribution >= 4 is 18.5 Å². The molecule has 0 aliphatic rings. The second-order valence-corrected chi connectivity index (χ2v) is 3.08. The number of thiol groups is 1. The van der Waals surface area contributed by atoms with Crippen molar-refractivity contribution in [3.63, 3.8) is 0 Å². The van der Waals surface area contributed by atoms with Gasteiger partial charge in [0, 0.05) is 25.6 Å². The molecule has 1 amide bonds. The van der Waals surface area contributed by atoms with Crippen LogP contribution in [-0.4, -0.2) is 35.1 Å². The van der Waals surface area contributed by atoms with E-state index in [1.165, 1.54) is 0 Å². The van der Waals surface area contributed by atoms with Gasteiger partial charge < -0.3 is 10.1 Å². The van der Waals surface area contributed by atoms with Crippen LogP contribution < -0.4 is 5.32 Å². The van der Waals surface area contributed by atoms with E-state index < -0.39 is 0 Å². The normalized spacial score (nSPS) is 10.1. The molecule has 1 heterocycles. The SMILES string of the molecule is COCn1ccc(C(=O)NCCS)n1. The van der Waals surface area contributed by atoms with Gasteiger partial charge in [0.15, 0.2) is 0 Å². The fraction of sp³-hybridized carbons (Fsp3) is 0.500. The minimum absolute atomic E-state index is 0.186. The Bertz CT molecular complexity index is 301. The van der Waals surface area contributed by atoms with Crippen molar-refractivity contribution < 1.29 is 9.53 Å². The van der Waals surface area contributed by atoms with E-state index >= 15 is 0 Å². The molecule has 0 aliphatic carbocycles. The summed E-state index contributed by atoms with van der Waals surface area (Å²) in [7, 11) is 1.57. The smallest absolute Gasteiger partial charge is 0.271 e. The molecular weight excluding hydrogens is 202 g/mol. The minimum atomic E-state index is -0.186. The van der Waals surface area contributed by atoms with Gasteiger partial charge in [0.25, 0.3) is 5.91 Å². The second kappa shape index (κ2) is 5.66. The van der Waals surface area contributed by atoms with Gasteiger partial charge in [-0.1, -0.05) is 0 Å². The van der Waals surface area contributed by atoms with Gasteiger partial charge in [0.05, 0.1) is 0 Å². The lowest BCUT2D eigenvalue weighted by atomic mass is 10.4. The van der Waals surface area contributed by atoms with Crippen molar-refractivity contribution in [3.05, 3.63) is 18.0 Å². The molecule has 1 aromatic rings. The van der Waals surface area contributed by atoms with Gasteiger partial charge in [-0.05, 0) is 6.07 Å². The highest BCUT2D eigenvalue weighted by Gasteiger charge is 2.07. The van der Waals surface area contributed by atoms with Crippen LogP contribution >= 0.6 is 12.6 Å². The van der Waals surface area contributed by atoms with Gasteiger partial charge in [-0.25, -0.2) is 4.68 Å². The van der Waals surface area contributed by atoms with Crippen molar-refractivity contribution in [2.75, 3.05) is 19.4 Å². The fourth-order valence-electron chi connectivity index (χ4n) is 0.947. The number of hydrogen-bond donors (Lipinski definition) is 2. The summed E-state index contributed by atoms with van der Waals surface area (Å²) in [4.78, 5) is 11.4. The van der Waals surface area contributed by atoms with Crippen LogP contribution in [0.4, 0.5) is 0 Å². The molecule has 1 rings (SSSR count). The monoisotopic (exact) mass is 215 g/mol. The summed E-state index contributed by atoms with van der Waals surface area (Å²) in [6.07, 6.45) is 1.69. The summed E-state index contributed by atoms with van der Waals surface area (Å²) >= 11 is 3.99. The first kappa shape index (κ1) is 11.1. The Balaban J connectivity index is 2.53. The van der Waals surface area contributed by atoms with Crippen LogP contribution in [-0.2, 0) is 11.5 Å². The number of carbonyl (C=O) groups is 1. The second-order valence-electron chi connectivity index (χ2n) is 2.64. The highest BCUT2D eigenvalue weighted by molar-refractivity contribution is 7.80. The van der Waals surface area contributed by atoms with E-state index in [0.29, 0.717) is 24.7 Å². The molecule has 6 heteroatoms. The lowest BCUT2D eigenvalue weighted by Gasteiger charge is -1.99. The van der Waals surface area contributed by atoms with E-state index in [1.807, 2.05) is 0 Å². The standard InChI is InChI=1S/C8H13N3O2S/c1-13-6-11-4-2-7(10-11)8(12)9-3-5-14/h2,4,14H,3,5-6H2,1H3,(H,9,12). The average molecular weight is 215 g/mol. The first-order valence-corrected chi connectivity index (χ1v) is 4.82. The van der Waals surface area contributed by atoms with Crippen molar-refractivity contribution in [3.8, 4) is 0 Å². The largest absolute Gasteiger partial charge is 0.362 e. The molecule has 0 radical (unpaired) electrons. The summed E-state index contributed by atoms with van der Waals surface area (Å²) in [6, 6.07) is 1.65. The van der Waals surface area contributed by atoms with E-state index in [1.54, 1.807) is 24.1 Å². The third-order valence-corrected chi connectivity index (χ3v) is 1.76. The summed E-state index contributed by atoms with van der Waals surface area (Å²) < 4.78 is 6.41. The zero-order valence-electron chi connectivity index (χ0n) is 7.93. The molecule has 78 valence electrons.